The van der Waals surface area contributed by atoms with Crippen molar-refractivity contribution in [3.63, 3.8) is 0 Å². The van der Waals surface area contributed by atoms with Crippen molar-refractivity contribution in [1.82, 2.24) is 35.6 Å². The number of hydrogen-bond acceptors (Lipinski definition) is 9. The number of H-pyrrole nitrogens is 3. The summed E-state index contributed by atoms with van der Waals surface area (Å²) in [4.78, 5) is 22.9. The number of carbonyl (C=O) groups excluding carboxylic acids is 1. The maximum Gasteiger partial charge on any atom is 0.224 e. The van der Waals surface area contributed by atoms with Crippen LogP contribution < -0.4 is 19.5 Å². The molecule has 0 aliphatic carbocycles. The lowest BCUT2D eigenvalue weighted by Crippen LogP contribution is -2.20. The summed E-state index contributed by atoms with van der Waals surface area (Å²) in [5.74, 6) is 2.91. The highest BCUT2D eigenvalue weighted by molar-refractivity contribution is 5.94. The second-order valence-electron chi connectivity index (χ2n) is 32.7. The zero-order valence-electron chi connectivity index (χ0n) is 62.4. The molecular weight excluding hydrogens is 1190 g/mol. The first-order valence-electron chi connectivity index (χ1n) is 34.0. The molecule has 10 aromatic rings. The number of aryl methyl sites for hydroxylation is 3. The first-order valence-corrected chi connectivity index (χ1v) is 34.0. The monoisotopic (exact) mass is 1300 g/mol. The van der Waals surface area contributed by atoms with Crippen molar-refractivity contribution in [2.75, 3.05) is 25.6 Å². The molecule has 3 aliphatic heterocycles. The molecule has 3 aliphatic rings. The van der Waals surface area contributed by atoms with Gasteiger partial charge in [-0.15, -0.1) is 0 Å². The number of nitrogens with one attached hydrogen (secondary N) is 4. The number of fused-ring (bicyclic) bond motifs is 6. The topological polar surface area (TPSA) is 168 Å². The summed E-state index contributed by atoms with van der Waals surface area (Å²) in [5, 5.41) is 22.9. The molecule has 0 saturated carbocycles. The van der Waals surface area contributed by atoms with Crippen LogP contribution in [0, 0.1) is 13.8 Å². The number of rotatable bonds is 1. The highest BCUT2D eigenvalue weighted by atomic mass is 16.5. The number of nitrogens with zero attached hydrogens (tertiary/aromatic N) is 5. The molecule has 0 saturated heterocycles. The predicted octanol–water partition coefficient (Wildman–Crippen LogP) is 20.8. The van der Waals surface area contributed by atoms with Gasteiger partial charge in [-0.05, 0) is 180 Å². The molecule has 13 nitrogen and oxygen atoms in total. The molecule has 13 heteroatoms. The van der Waals surface area contributed by atoms with Crippen molar-refractivity contribution in [3.05, 3.63) is 195 Å². The molecule has 0 atom stereocenters. The van der Waals surface area contributed by atoms with Gasteiger partial charge >= 0.3 is 0 Å². The Bertz CT molecular complexity index is 4020. The van der Waals surface area contributed by atoms with Gasteiger partial charge in [0.15, 0.2) is 11.5 Å². The standard InChI is InChI=1S/C13H17NO.C13H18O2.C13H20O.C12H15N.2C11H14N2.C10H13N3/c1-13(2,3)10-5-6-11-9(8-10)4-7-12(15)14-11;1-13(2,3)10-5-6-11-12(9-10)15-8-4-7-14-11;1-9-7-11(13(3,4)5)8-10(2)12(9)14-6;1-12(2,3)10-4-5-11-9(8-10)6-7-13-11;1-11(2,3)9-4-5-10-8(6-9)7-12-13-10;1-11(2,3)9-6-8-4-5-12-10(8)13-7-9;1-10(2,3)7-4-5-8-9(6-7)12-13-11-8/h5-6,8H,4,7H2,1-3H3,(H,14,15);5-6,9H,4,7-8H2,1-3H3;7-8H,1-6H3;4-5,7-8H,6H2,1-3H3;2*4-7H,1-3H3,(H,12,13);4-6H,1-3H3,(H,11,12,13). The van der Waals surface area contributed by atoms with Crippen LogP contribution in [0.4, 0.5) is 11.4 Å². The first-order chi connectivity index (χ1) is 44.7. The minimum Gasteiger partial charge on any atom is -0.496 e. The maximum absolute atomic E-state index is 11.2. The van der Waals surface area contributed by atoms with E-state index in [0.717, 1.165) is 83.3 Å². The third kappa shape index (κ3) is 21.0. The van der Waals surface area contributed by atoms with E-state index in [2.05, 4.69) is 302 Å². The van der Waals surface area contributed by atoms with E-state index in [0.29, 0.717) is 6.42 Å². The second kappa shape index (κ2) is 30.7. The van der Waals surface area contributed by atoms with Crippen molar-refractivity contribution in [2.45, 2.75) is 223 Å². The average molecular weight is 1300 g/mol. The van der Waals surface area contributed by atoms with Gasteiger partial charge in [-0.25, -0.2) is 4.98 Å². The van der Waals surface area contributed by atoms with Crippen LogP contribution in [-0.2, 0) is 55.5 Å². The summed E-state index contributed by atoms with van der Waals surface area (Å²) >= 11 is 0. The van der Waals surface area contributed by atoms with Crippen LogP contribution in [0.3, 0.4) is 0 Å². The zero-order valence-corrected chi connectivity index (χ0v) is 62.4. The first kappa shape index (κ1) is 74.8. The van der Waals surface area contributed by atoms with E-state index < -0.39 is 0 Å². The molecule has 6 aromatic carbocycles. The highest BCUT2D eigenvalue weighted by Crippen LogP contribution is 2.37. The van der Waals surface area contributed by atoms with Gasteiger partial charge in [-0.1, -0.05) is 200 Å². The number of pyridine rings is 1. The van der Waals surface area contributed by atoms with Crippen molar-refractivity contribution >= 4 is 56.5 Å². The molecule has 7 heterocycles. The van der Waals surface area contributed by atoms with E-state index in [4.69, 9.17) is 14.2 Å². The number of amides is 1. The second-order valence-corrected chi connectivity index (χ2v) is 32.7. The fourth-order valence-corrected chi connectivity index (χ4v) is 10.8. The number of aromatic nitrogens is 7. The number of carbonyl (C=O) groups is 1. The molecule has 96 heavy (non-hydrogen) atoms. The minimum atomic E-state index is 0.131. The van der Waals surface area contributed by atoms with Crippen LogP contribution in [0.5, 0.6) is 17.2 Å². The van der Waals surface area contributed by atoms with Crippen LogP contribution in [0.1, 0.15) is 219 Å². The predicted molar refractivity (Wildman–Crippen MR) is 403 cm³/mol. The Morgan fingerprint density at radius 2 is 1.00 bits per heavy atom. The fraction of sp³-hybridized carbons (Fsp3) is 0.446. The lowest BCUT2D eigenvalue weighted by Gasteiger charge is -2.23. The Hall–Kier alpha value is -8.58. The summed E-state index contributed by atoms with van der Waals surface area (Å²) < 4.78 is 16.6. The van der Waals surface area contributed by atoms with Gasteiger partial charge in [0.05, 0.1) is 37.7 Å². The zero-order chi connectivity index (χ0) is 70.8. The van der Waals surface area contributed by atoms with Gasteiger partial charge in [-0.3, -0.25) is 14.9 Å². The fourth-order valence-electron chi connectivity index (χ4n) is 10.8. The Morgan fingerprint density at radius 1 is 0.479 bits per heavy atom. The van der Waals surface area contributed by atoms with Crippen molar-refractivity contribution in [2.24, 2.45) is 4.99 Å². The average Bonchev–Trinajstić information content (AvgIpc) is 1.07. The van der Waals surface area contributed by atoms with E-state index >= 15 is 0 Å². The Balaban J connectivity index is 0.000000158. The number of anilines is 1. The normalized spacial score (nSPS) is 13.6. The molecule has 0 spiro atoms. The molecular formula is C83H111N9O4. The third-order valence-corrected chi connectivity index (χ3v) is 17.3. The van der Waals surface area contributed by atoms with Crippen LogP contribution in [-0.4, -0.2) is 68.0 Å². The van der Waals surface area contributed by atoms with E-state index in [-0.39, 0.29) is 43.8 Å². The smallest absolute Gasteiger partial charge is 0.224 e. The van der Waals surface area contributed by atoms with Gasteiger partial charge in [0.1, 0.15) is 22.4 Å². The van der Waals surface area contributed by atoms with Gasteiger partial charge in [0, 0.05) is 54.3 Å². The molecule has 4 aromatic heterocycles. The molecule has 0 unspecified atom stereocenters. The van der Waals surface area contributed by atoms with E-state index in [1.807, 2.05) is 43.0 Å². The van der Waals surface area contributed by atoms with Crippen LogP contribution >= 0.6 is 0 Å². The Labute approximate surface area is 573 Å². The quantitative estimate of drug-likeness (QED) is 0.126. The third-order valence-electron chi connectivity index (χ3n) is 17.3. The number of ether oxygens (including phenoxy) is 3. The number of aromatic amines is 3. The minimum absolute atomic E-state index is 0.131. The van der Waals surface area contributed by atoms with Crippen molar-refractivity contribution in [1.29, 1.82) is 0 Å². The molecule has 13 rings (SSSR count). The largest absolute Gasteiger partial charge is 0.496 e. The molecule has 0 radical (unpaired) electrons. The Kier molecular flexibility index (Phi) is 23.9. The Morgan fingerprint density at radius 3 is 1.61 bits per heavy atom. The lowest BCUT2D eigenvalue weighted by atomic mass is 9.85. The van der Waals surface area contributed by atoms with E-state index in [1.165, 1.54) is 72.0 Å². The number of benzene rings is 6. The molecule has 512 valence electrons. The lowest BCUT2D eigenvalue weighted by molar-refractivity contribution is -0.116. The molecule has 1 amide bonds. The summed E-state index contributed by atoms with van der Waals surface area (Å²) in [6.45, 7) is 52.1. The number of hydrogen-bond donors (Lipinski definition) is 4. The summed E-state index contributed by atoms with van der Waals surface area (Å²) in [6, 6.07) is 40.4. The maximum atomic E-state index is 11.2. The molecule has 4 N–H and O–H groups in total. The SMILES string of the molecule is CC(C)(C)c1ccc2[nH]ncc2c1.CC(C)(C)c1ccc2c(c1)CC=N2.CC(C)(C)c1ccc2c(c1)CCC(=O)N2.CC(C)(C)c1ccc2c(c1)OCCCO2.CC(C)(C)c1ccc2n[nH]nc2c1.CC(C)(C)c1cnc2[nH]ccc2c1.COc1c(C)cc(C(C)(C)C)cc1C. The van der Waals surface area contributed by atoms with Gasteiger partial charge in [0.2, 0.25) is 5.91 Å². The van der Waals surface area contributed by atoms with Crippen LogP contribution in [0.15, 0.2) is 139 Å². The van der Waals surface area contributed by atoms with Crippen LogP contribution in [0.2, 0.25) is 0 Å². The van der Waals surface area contributed by atoms with Gasteiger partial charge in [0.25, 0.3) is 0 Å². The summed E-state index contributed by atoms with van der Waals surface area (Å²) in [7, 11) is 1.73. The number of aliphatic imine (C=N–C) groups is 1. The molecule has 0 fully saturated rings. The van der Waals surface area contributed by atoms with Crippen molar-refractivity contribution in [3.8, 4) is 17.2 Å². The highest BCUT2D eigenvalue weighted by Gasteiger charge is 2.23. The van der Waals surface area contributed by atoms with Crippen molar-refractivity contribution < 1.29 is 19.0 Å². The van der Waals surface area contributed by atoms with Gasteiger partial charge in [-0.2, -0.15) is 20.5 Å². The summed E-state index contributed by atoms with van der Waals surface area (Å²) in [6.07, 6.45) is 11.1. The van der Waals surface area contributed by atoms with Gasteiger partial charge < -0.3 is 24.5 Å². The number of methoxy groups -OCH3 is 1. The van der Waals surface area contributed by atoms with E-state index in [9.17, 15) is 4.79 Å². The van der Waals surface area contributed by atoms with E-state index in [1.54, 1.807) is 7.11 Å². The molecule has 0 bridgehead atoms. The summed E-state index contributed by atoms with van der Waals surface area (Å²) in [5.41, 5.74) is 21.8. The van der Waals surface area contributed by atoms with Crippen LogP contribution in [0.25, 0.3) is 33.0 Å².